The Morgan fingerprint density at radius 3 is 2.65 bits per heavy atom. The summed E-state index contributed by atoms with van der Waals surface area (Å²) in [6, 6.07) is 0. The standard InChI is InChI=1S/C14H27N3/c1-5-8-14(3,12-15-6-2)9-7-13-16-10-11-17(13)4/h10-11,15H,5-9,12H2,1-4H3. The van der Waals surface area contributed by atoms with E-state index >= 15 is 0 Å². The van der Waals surface area contributed by atoms with Gasteiger partial charge in [-0.1, -0.05) is 27.2 Å². The molecule has 0 spiro atoms. The van der Waals surface area contributed by atoms with Crippen LogP contribution in [-0.4, -0.2) is 22.6 Å². The highest BCUT2D eigenvalue weighted by Gasteiger charge is 2.23. The quantitative estimate of drug-likeness (QED) is 0.753. The molecule has 0 saturated carbocycles. The van der Waals surface area contributed by atoms with Crippen LogP contribution in [0, 0.1) is 5.41 Å². The van der Waals surface area contributed by atoms with Crippen LogP contribution in [0.1, 0.15) is 45.9 Å². The Hall–Kier alpha value is -0.830. The minimum atomic E-state index is 0.400. The van der Waals surface area contributed by atoms with E-state index in [0.29, 0.717) is 5.41 Å². The Balaban J connectivity index is 2.51. The third-order valence-electron chi connectivity index (χ3n) is 3.53. The minimum absolute atomic E-state index is 0.400. The molecule has 3 nitrogen and oxygen atoms in total. The Morgan fingerprint density at radius 1 is 1.35 bits per heavy atom. The number of hydrogen-bond donors (Lipinski definition) is 1. The molecule has 98 valence electrons. The molecule has 1 unspecified atom stereocenters. The Morgan fingerprint density at radius 2 is 2.12 bits per heavy atom. The summed E-state index contributed by atoms with van der Waals surface area (Å²) in [4.78, 5) is 4.40. The zero-order valence-corrected chi connectivity index (χ0v) is 11.8. The summed E-state index contributed by atoms with van der Waals surface area (Å²) in [5.74, 6) is 1.20. The van der Waals surface area contributed by atoms with E-state index < -0.39 is 0 Å². The molecule has 0 fully saturated rings. The molecule has 3 heteroatoms. The van der Waals surface area contributed by atoms with E-state index in [4.69, 9.17) is 0 Å². The SMILES string of the molecule is CCCC(C)(CCc1nccn1C)CNCC. The van der Waals surface area contributed by atoms with Crippen LogP contribution in [0.25, 0.3) is 0 Å². The van der Waals surface area contributed by atoms with Gasteiger partial charge in [-0.2, -0.15) is 0 Å². The van der Waals surface area contributed by atoms with E-state index in [9.17, 15) is 0 Å². The topological polar surface area (TPSA) is 29.9 Å². The summed E-state index contributed by atoms with van der Waals surface area (Å²) >= 11 is 0. The molecular weight excluding hydrogens is 210 g/mol. The minimum Gasteiger partial charge on any atom is -0.338 e. The van der Waals surface area contributed by atoms with Crippen LogP contribution < -0.4 is 5.32 Å². The molecule has 0 aliphatic heterocycles. The Kier molecular flexibility index (Phi) is 5.69. The first-order chi connectivity index (χ1) is 8.11. The number of rotatable bonds is 8. The largest absolute Gasteiger partial charge is 0.338 e. The van der Waals surface area contributed by atoms with E-state index in [1.165, 1.54) is 25.1 Å². The van der Waals surface area contributed by atoms with Crippen molar-refractivity contribution in [2.45, 2.75) is 46.5 Å². The lowest BCUT2D eigenvalue weighted by Gasteiger charge is -2.29. The average molecular weight is 237 g/mol. The smallest absolute Gasteiger partial charge is 0.108 e. The predicted octanol–water partition coefficient (Wildman–Crippen LogP) is 2.77. The number of hydrogen-bond acceptors (Lipinski definition) is 2. The highest BCUT2D eigenvalue weighted by atomic mass is 15.0. The summed E-state index contributed by atoms with van der Waals surface area (Å²) in [5.41, 5.74) is 0.400. The van der Waals surface area contributed by atoms with Crippen molar-refractivity contribution in [2.24, 2.45) is 12.5 Å². The monoisotopic (exact) mass is 237 g/mol. The molecule has 0 bridgehead atoms. The molecule has 0 amide bonds. The van der Waals surface area contributed by atoms with Crippen LogP contribution in [0.3, 0.4) is 0 Å². The van der Waals surface area contributed by atoms with Crippen molar-refractivity contribution in [3.63, 3.8) is 0 Å². The van der Waals surface area contributed by atoms with Crippen LogP contribution >= 0.6 is 0 Å². The second-order valence-electron chi connectivity index (χ2n) is 5.30. The highest BCUT2D eigenvalue weighted by molar-refractivity contribution is 4.93. The molecule has 1 rings (SSSR count). The molecule has 0 aliphatic rings. The number of aromatic nitrogens is 2. The van der Waals surface area contributed by atoms with Gasteiger partial charge in [0.2, 0.25) is 0 Å². The summed E-state index contributed by atoms with van der Waals surface area (Å²) in [6.45, 7) is 9.00. The molecule has 1 aromatic heterocycles. The average Bonchev–Trinajstić information content (AvgIpc) is 2.70. The lowest BCUT2D eigenvalue weighted by atomic mass is 9.81. The van der Waals surface area contributed by atoms with Gasteiger partial charge in [0.25, 0.3) is 0 Å². The van der Waals surface area contributed by atoms with Gasteiger partial charge in [-0.15, -0.1) is 0 Å². The van der Waals surface area contributed by atoms with E-state index in [-0.39, 0.29) is 0 Å². The molecule has 0 radical (unpaired) electrons. The highest BCUT2D eigenvalue weighted by Crippen LogP contribution is 2.28. The second-order valence-corrected chi connectivity index (χ2v) is 5.30. The van der Waals surface area contributed by atoms with Crippen molar-refractivity contribution >= 4 is 0 Å². The first kappa shape index (κ1) is 14.2. The fourth-order valence-electron chi connectivity index (χ4n) is 2.38. The van der Waals surface area contributed by atoms with Crippen molar-refractivity contribution in [3.8, 4) is 0 Å². The van der Waals surface area contributed by atoms with Crippen molar-refractivity contribution in [1.82, 2.24) is 14.9 Å². The van der Waals surface area contributed by atoms with Gasteiger partial charge in [-0.25, -0.2) is 4.98 Å². The zero-order chi connectivity index (χ0) is 12.7. The van der Waals surface area contributed by atoms with Crippen molar-refractivity contribution in [3.05, 3.63) is 18.2 Å². The maximum absolute atomic E-state index is 4.40. The first-order valence-corrected chi connectivity index (χ1v) is 6.78. The van der Waals surface area contributed by atoms with Crippen molar-refractivity contribution in [2.75, 3.05) is 13.1 Å². The fourth-order valence-corrected chi connectivity index (χ4v) is 2.38. The summed E-state index contributed by atoms with van der Waals surface area (Å²) in [6.07, 6.45) is 8.73. The molecule has 1 N–H and O–H groups in total. The van der Waals surface area contributed by atoms with E-state index in [1.54, 1.807) is 0 Å². The summed E-state index contributed by atoms with van der Waals surface area (Å²) in [7, 11) is 2.07. The van der Waals surface area contributed by atoms with Gasteiger partial charge in [0.05, 0.1) is 0 Å². The molecular formula is C14H27N3. The van der Waals surface area contributed by atoms with Crippen LogP contribution in [0.2, 0.25) is 0 Å². The lowest BCUT2D eigenvalue weighted by Crippen LogP contribution is -2.32. The molecule has 1 aromatic rings. The maximum atomic E-state index is 4.40. The normalized spacial score (nSPS) is 14.8. The number of nitrogens with zero attached hydrogens (tertiary/aromatic N) is 2. The number of aryl methyl sites for hydroxylation is 2. The fraction of sp³-hybridized carbons (Fsp3) is 0.786. The third-order valence-corrected chi connectivity index (χ3v) is 3.53. The van der Waals surface area contributed by atoms with Crippen LogP contribution in [0.15, 0.2) is 12.4 Å². The van der Waals surface area contributed by atoms with Crippen LogP contribution in [-0.2, 0) is 13.5 Å². The molecule has 17 heavy (non-hydrogen) atoms. The predicted molar refractivity (Wildman–Crippen MR) is 73.1 cm³/mol. The number of nitrogens with one attached hydrogen (secondary N) is 1. The van der Waals surface area contributed by atoms with E-state index in [2.05, 4.69) is 42.7 Å². The zero-order valence-electron chi connectivity index (χ0n) is 11.8. The van der Waals surface area contributed by atoms with E-state index in [0.717, 1.165) is 19.5 Å². The molecule has 1 atom stereocenters. The molecule has 0 aliphatic carbocycles. The van der Waals surface area contributed by atoms with Crippen molar-refractivity contribution < 1.29 is 0 Å². The molecule has 0 aromatic carbocycles. The van der Waals surface area contributed by atoms with Gasteiger partial charge in [-0.05, 0) is 24.8 Å². The van der Waals surface area contributed by atoms with Crippen molar-refractivity contribution in [1.29, 1.82) is 0 Å². The van der Waals surface area contributed by atoms with Gasteiger partial charge in [-0.3, -0.25) is 0 Å². The summed E-state index contributed by atoms with van der Waals surface area (Å²) < 4.78 is 2.12. The number of imidazole rings is 1. The van der Waals surface area contributed by atoms with Gasteiger partial charge in [0.1, 0.15) is 5.82 Å². The maximum Gasteiger partial charge on any atom is 0.108 e. The summed E-state index contributed by atoms with van der Waals surface area (Å²) in [5, 5.41) is 3.49. The van der Waals surface area contributed by atoms with Gasteiger partial charge < -0.3 is 9.88 Å². The lowest BCUT2D eigenvalue weighted by molar-refractivity contribution is 0.255. The third kappa shape index (κ3) is 4.50. The van der Waals surface area contributed by atoms with Crippen LogP contribution in [0.5, 0.6) is 0 Å². The van der Waals surface area contributed by atoms with Gasteiger partial charge in [0, 0.05) is 32.4 Å². The van der Waals surface area contributed by atoms with Gasteiger partial charge >= 0.3 is 0 Å². The molecule has 0 saturated heterocycles. The second kappa shape index (κ2) is 6.80. The first-order valence-electron chi connectivity index (χ1n) is 6.78. The van der Waals surface area contributed by atoms with E-state index in [1.807, 2.05) is 12.4 Å². The Bertz CT molecular complexity index is 319. The Labute approximate surface area is 106 Å². The van der Waals surface area contributed by atoms with Gasteiger partial charge in [0.15, 0.2) is 0 Å². The molecule has 1 heterocycles. The van der Waals surface area contributed by atoms with Crippen LogP contribution in [0.4, 0.5) is 0 Å².